The predicted octanol–water partition coefficient (Wildman–Crippen LogP) is 3.13. The van der Waals surface area contributed by atoms with Crippen molar-refractivity contribution in [2.24, 2.45) is 5.92 Å². The molecule has 8 nitrogen and oxygen atoms in total. The summed E-state index contributed by atoms with van der Waals surface area (Å²) < 4.78 is 16.2. The number of fused-ring (bicyclic) bond motifs is 1. The van der Waals surface area contributed by atoms with E-state index in [-0.39, 0.29) is 24.7 Å². The number of likely N-dealkylation sites (N-methyl/N-ethyl adjacent to an activating group) is 1. The third-order valence-electron chi connectivity index (χ3n) is 6.62. The van der Waals surface area contributed by atoms with Crippen molar-refractivity contribution in [2.75, 3.05) is 40.6 Å². The molecule has 0 aliphatic carbocycles. The molecule has 0 saturated carbocycles. The Morgan fingerprint density at radius 1 is 1.12 bits per heavy atom. The smallest absolute Gasteiger partial charge is 0.309 e. The molecule has 2 aliphatic heterocycles. The summed E-state index contributed by atoms with van der Waals surface area (Å²) in [6.45, 7) is 3.67. The molecule has 0 bridgehead atoms. The molecule has 0 aromatic heterocycles. The number of nitrogens with zero attached hydrogens (tertiary/aromatic N) is 2. The number of carbonyl (C=O) groups is 2. The maximum absolute atomic E-state index is 12.6. The van der Waals surface area contributed by atoms with Crippen molar-refractivity contribution in [1.29, 1.82) is 0 Å². The standard InChI is InChI=1S/C25H30N2O6/c1-4-22(28)26(2)11-12-27-14-19(17-7-10-20-21(13-17)33-15-32-20)23(25(29)30)24(27)16-5-8-18(31-3)9-6-16/h5-10,13,19,23-24H,4,11-12,14-15H2,1-3H3,(H,29,30)/t19?,23-,24+/m0/s1. The number of aliphatic carboxylic acids is 1. The minimum atomic E-state index is -0.848. The molecule has 1 N–H and O–H groups in total. The lowest BCUT2D eigenvalue weighted by atomic mass is 9.82. The van der Waals surface area contributed by atoms with Crippen LogP contribution in [0.4, 0.5) is 0 Å². The van der Waals surface area contributed by atoms with Gasteiger partial charge in [-0.3, -0.25) is 14.5 Å². The second-order valence-corrected chi connectivity index (χ2v) is 8.46. The number of hydrogen-bond acceptors (Lipinski definition) is 6. The topological polar surface area (TPSA) is 88.5 Å². The van der Waals surface area contributed by atoms with Gasteiger partial charge in [0, 0.05) is 45.1 Å². The molecule has 1 amide bonds. The maximum Gasteiger partial charge on any atom is 0.309 e. The van der Waals surface area contributed by atoms with E-state index < -0.39 is 11.9 Å². The first-order valence-corrected chi connectivity index (χ1v) is 11.2. The second kappa shape index (κ2) is 9.70. The summed E-state index contributed by atoms with van der Waals surface area (Å²) in [6, 6.07) is 12.9. The van der Waals surface area contributed by atoms with Crippen LogP contribution in [0, 0.1) is 5.92 Å². The summed E-state index contributed by atoms with van der Waals surface area (Å²) in [5.74, 6) is 0.352. The van der Waals surface area contributed by atoms with E-state index in [1.54, 1.807) is 19.1 Å². The molecule has 1 saturated heterocycles. The van der Waals surface area contributed by atoms with Gasteiger partial charge in [0.1, 0.15) is 5.75 Å². The number of hydrogen-bond donors (Lipinski definition) is 1. The minimum Gasteiger partial charge on any atom is -0.497 e. The lowest BCUT2D eigenvalue weighted by Crippen LogP contribution is -2.37. The van der Waals surface area contributed by atoms with E-state index in [1.807, 2.05) is 49.4 Å². The highest BCUT2D eigenvalue weighted by molar-refractivity contribution is 5.75. The molecule has 3 atom stereocenters. The van der Waals surface area contributed by atoms with Crippen molar-refractivity contribution in [3.8, 4) is 17.2 Å². The zero-order chi connectivity index (χ0) is 23.5. The lowest BCUT2D eigenvalue weighted by molar-refractivity contribution is -0.143. The van der Waals surface area contributed by atoms with Crippen LogP contribution in [0.2, 0.25) is 0 Å². The van der Waals surface area contributed by atoms with Gasteiger partial charge in [0.2, 0.25) is 12.7 Å². The van der Waals surface area contributed by atoms with Crippen LogP contribution in [0.3, 0.4) is 0 Å². The third kappa shape index (κ3) is 4.61. The van der Waals surface area contributed by atoms with Crippen LogP contribution in [0.25, 0.3) is 0 Å². The van der Waals surface area contributed by atoms with Gasteiger partial charge in [-0.25, -0.2) is 0 Å². The van der Waals surface area contributed by atoms with Crippen LogP contribution in [-0.2, 0) is 9.59 Å². The number of ether oxygens (including phenoxy) is 3. The highest BCUT2D eigenvalue weighted by Gasteiger charge is 2.47. The Balaban J connectivity index is 1.67. The number of carboxylic acids is 1. The SMILES string of the molecule is CCC(=O)N(C)CCN1CC(c2ccc3c(c2)OCO3)[C@H](C(=O)O)[C@H]1c1ccc(OC)cc1. The fourth-order valence-electron chi connectivity index (χ4n) is 4.81. The Morgan fingerprint density at radius 2 is 1.82 bits per heavy atom. The molecule has 2 aromatic rings. The van der Waals surface area contributed by atoms with Crippen LogP contribution >= 0.6 is 0 Å². The number of methoxy groups -OCH3 is 1. The maximum atomic E-state index is 12.6. The molecule has 4 rings (SSSR count). The highest BCUT2D eigenvalue weighted by atomic mass is 16.7. The van der Waals surface area contributed by atoms with Crippen LogP contribution < -0.4 is 14.2 Å². The van der Waals surface area contributed by atoms with E-state index in [0.717, 1.165) is 16.9 Å². The van der Waals surface area contributed by atoms with Gasteiger partial charge in [-0.1, -0.05) is 25.1 Å². The number of benzene rings is 2. The van der Waals surface area contributed by atoms with Crippen LogP contribution in [0.1, 0.15) is 36.4 Å². The Hall–Kier alpha value is -3.26. The highest BCUT2D eigenvalue weighted by Crippen LogP contribution is 2.47. The van der Waals surface area contributed by atoms with Crippen molar-refractivity contribution < 1.29 is 28.9 Å². The van der Waals surface area contributed by atoms with Crippen LogP contribution in [0.15, 0.2) is 42.5 Å². The Morgan fingerprint density at radius 3 is 2.48 bits per heavy atom. The molecule has 1 unspecified atom stereocenters. The van der Waals surface area contributed by atoms with Gasteiger partial charge in [-0.2, -0.15) is 0 Å². The van der Waals surface area contributed by atoms with Crippen LogP contribution in [-0.4, -0.2) is 67.4 Å². The number of rotatable bonds is 8. The third-order valence-corrected chi connectivity index (χ3v) is 6.62. The molecular formula is C25H30N2O6. The average molecular weight is 455 g/mol. The molecule has 0 spiro atoms. The Kier molecular flexibility index (Phi) is 6.74. The molecule has 2 heterocycles. The van der Waals surface area contributed by atoms with Gasteiger partial charge in [-0.05, 0) is 35.4 Å². The minimum absolute atomic E-state index is 0.0669. The van der Waals surface area contributed by atoms with Gasteiger partial charge in [-0.15, -0.1) is 0 Å². The predicted molar refractivity (Wildman–Crippen MR) is 122 cm³/mol. The van der Waals surface area contributed by atoms with E-state index in [9.17, 15) is 14.7 Å². The normalized spacial score (nSPS) is 21.7. The largest absolute Gasteiger partial charge is 0.497 e. The summed E-state index contributed by atoms with van der Waals surface area (Å²) >= 11 is 0. The Bertz CT molecular complexity index is 1010. The Labute approximate surface area is 193 Å². The monoisotopic (exact) mass is 454 g/mol. The van der Waals surface area contributed by atoms with Gasteiger partial charge in [0.05, 0.1) is 13.0 Å². The summed E-state index contributed by atoms with van der Waals surface area (Å²) in [6.07, 6.45) is 0.440. The van der Waals surface area contributed by atoms with Gasteiger partial charge in [0.25, 0.3) is 0 Å². The van der Waals surface area contributed by atoms with Crippen molar-refractivity contribution >= 4 is 11.9 Å². The number of carbonyl (C=O) groups excluding carboxylic acids is 1. The van der Waals surface area contributed by atoms with Gasteiger partial charge in [0.15, 0.2) is 11.5 Å². The van der Waals surface area contributed by atoms with E-state index in [0.29, 0.717) is 37.6 Å². The summed E-state index contributed by atoms with van der Waals surface area (Å²) in [4.78, 5) is 28.6. The molecule has 33 heavy (non-hydrogen) atoms. The molecule has 2 aliphatic rings. The van der Waals surface area contributed by atoms with Gasteiger partial charge < -0.3 is 24.2 Å². The van der Waals surface area contributed by atoms with Crippen LogP contribution in [0.5, 0.6) is 17.2 Å². The van der Waals surface area contributed by atoms with Gasteiger partial charge >= 0.3 is 5.97 Å². The summed E-state index contributed by atoms with van der Waals surface area (Å²) in [7, 11) is 3.39. The summed E-state index contributed by atoms with van der Waals surface area (Å²) in [5, 5.41) is 10.3. The summed E-state index contributed by atoms with van der Waals surface area (Å²) in [5.41, 5.74) is 1.82. The number of amides is 1. The molecule has 0 radical (unpaired) electrons. The zero-order valence-corrected chi connectivity index (χ0v) is 19.2. The second-order valence-electron chi connectivity index (χ2n) is 8.46. The van der Waals surface area contributed by atoms with Crippen molar-refractivity contribution in [3.05, 3.63) is 53.6 Å². The van der Waals surface area contributed by atoms with Crippen molar-refractivity contribution in [3.63, 3.8) is 0 Å². The van der Waals surface area contributed by atoms with Crippen molar-refractivity contribution in [2.45, 2.75) is 25.3 Å². The van der Waals surface area contributed by atoms with E-state index in [2.05, 4.69) is 4.90 Å². The van der Waals surface area contributed by atoms with E-state index in [1.165, 1.54) is 0 Å². The van der Waals surface area contributed by atoms with Crippen molar-refractivity contribution in [1.82, 2.24) is 9.80 Å². The fraction of sp³-hybridized carbons (Fsp3) is 0.440. The molecule has 176 valence electrons. The number of likely N-dealkylation sites (tertiary alicyclic amines) is 1. The first-order valence-electron chi connectivity index (χ1n) is 11.2. The zero-order valence-electron chi connectivity index (χ0n) is 19.2. The first kappa shape index (κ1) is 22.9. The first-order chi connectivity index (χ1) is 15.9. The fourth-order valence-corrected chi connectivity index (χ4v) is 4.81. The molecule has 8 heteroatoms. The quantitative estimate of drug-likeness (QED) is 0.656. The van der Waals surface area contributed by atoms with E-state index in [4.69, 9.17) is 14.2 Å². The average Bonchev–Trinajstić information content (AvgIpc) is 3.46. The lowest BCUT2D eigenvalue weighted by Gasteiger charge is -2.29. The molecule has 2 aromatic carbocycles. The molecule has 1 fully saturated rings. The van der Waals surface area contributed by atoms with E-state index >= 15 is 0 Å². The number of carboxylic acid groups (broad SMARTS) is 1. The molecular weight excluding hydrogens is 424 g/mol.